The Balaban J connectivity index is 2.44. The summed E-state index contributed by atoms with van der Waals surface area (Å²) < 4.78 is 0.799. The maximum atomic E-state index is 11.7. The van der Waals surface area contributed by atoms with Gasteiger partial charge in [-0.2, -0.15) is 0 Å². The average Bonchev–Trinajstić information content (AvgIpc) is 2.81. The van der Waals surface area contributed by atoms with Gasteiger partial charge >= 0.3 is 0 Å². The number of thioether (sulfide) groups is 1. The van der Waals surface area contributed by atoms with E-state index >= 15 is 0 Å². The van der Waals surface area contributed by atoms with E-state index in [1.807, 2.05) is 6.92 Å². The molecular formula is C12H20N4OS2. The lowest BCUT2D eigenvalue weighted by Gasteiger charge is -2.08. The Morgan fingerprint density at radius 3 is 2.84 bits per heavy atom. The van der Waals surface area contributed by atoms with Crippen molar-refractivity contribution in [2.75, 3.05) is 18.4 Å². The van der Waals surface area contributed by atoms with Crippen LogP contribution in [0.4, 0.5) is 5.13 Å². The van der Waals surface area contributed by atoms with Crippen molar-refractivity contribution >= 4 is 34.1 Å². The molecule has 1 heterocycles. The topological polar surface area (TPSA) is 66.9 Å². The van der Waals surface area contributed by atoms with Gasteiger partial charge in [0.05, 0.1) is 5.25 Å². The minimum absolute atomic E-state index is 0.0169. The third-order valence-corrected chi connectivity index (χ3v) is 4.20. The first-order chi connectivity index (χ1) is 9.02. The van der Waals surface area contributed by atoms with Crippen molar-refractivity contribution in [2.45, 2.75) is 30.4 Å². The summed E-state index contributed by atoms with van der Waals surface area (Å²) in [7, 11) is 0. The summed E-state index contributed by atoms with van der Waals surface area (Å²) in [6.45, 7) is 11.0. The number of carbonyl (C=O) groups is 1. The number of amides is 1. The van der Waals surface area contributed by atoms with Crippen molar-refractivity contribution < 1.29 is 4.79 Å². The van der Waals surface area contributed by atoms with E-state index in [2.05, 4.69) is 41.3 Å². The Bertz CT molecular complexity index is 420. The van der Waals surface area contributed by atoms with E-state index in [4.69, 9.17) is 0 Å². The maximum Gasteiger partial charge on any atom is 0.233 e. The Labute approximate surface area is 122 Å². The molecule has 19 heavy (non-hydrogen) atoms. The van der Waals surface area contributed by atoms with Gasteiger partial charge in [-0.05, 0) is 12.8 Å². The summed E-state index contributed by atoms with van der Waals surface area (Å²) in [5, 5.41) is 14.7. The molecule has 0 bridgehead atoms. The fraction of sp³-hybridized carbons (Fsp3) is 0.583. The predicted molar refractivity (Wildman–Crippen MR) is 81.8 cm³/mol. The number of rotatable bonds is 8. The molecule has 0 aliphatic carbocycles. The molecule has 1 aromatic rings. The van der Waals surface area contributed by atoms with Crippen LogP contribution in [0.3, 0.4) is 0 Å². The maximum absolute atomic E-state index is 11.7. The Kier molecular flexibility index (Phi) is 6.86. The van der Waals surface area contributed by atoms with E-state index in [9.17, 15) is 4.79 Å². The molecular weight excluding hydrogens is 280 g/mol. The molecule has 1 amide bonds. The molecule has 7 heteroatoms. The zero-order chi connectivity index (χ0) is 14.3. The highest BCUT2D eigenvalue weighted by molar-refractivity contribution is 8.02. The number of aromatic nitrogens is 2. The lowest BCUT2D eigenvalue weighted by molar-refractivity contribution is -0.120. The lowest BCUT2D eigenvalue weighted by atomic mass is 10.2. The summed E-state index contributed by atoms with van der Waals surface area (Å²) in [4.78, 5) is 11.7. The largest absolute Gasteiger partial charge is 0.360 e. The number of nitrogens with zero attached hydrogens (tertiary/aromatic N) is 2. The monoisotopic (exact) mass is 300 g/mol. The smallest absolute Gasteiger partial charge is 0.233 e. The second kappa shape index (κ2) is 8.16. The summed E-state index contributed by atoms with van der Waals surface area (Å²) >= 11 is 2.89. The van der Waals surface area contributed by atoms with Crippen LogP contribution in [0.15, 0.2) is 17.0 Å². The van der Waals surface area contributed by atoms with Crippen LogP contribution < -0.4 is 10.6 Å². The molecule has 0 radical (unpaired) electrons. The molecule has 2 N–H and O–H groups in total. The molecule has 1 unspecified atom stereocenters. The van der Waals surface area contributed by atoms with Crippen LogP contribution in [0.5, 0.6) is 0 Å². The fourth-order valence-corrected chi connectivity index (χ4v) is 3.07. The van der Waals surface area contributed by atoms with Gasteiger partial charge in [0.2, 0.25) is 11.0 Å². The predicted octanol–water partition coefficient (Wildman–Crippen LogP) is 2.39. The summed E-state index contributed by atoms with van der Waals surface area (Å²) in [5.41, 5.74) is 0. The molecule has 0 aromatic carbocycles. The van der Waals surface area contributed by atoms with Crippen molar-refractivity contribution in [3.8, 4) is 0 Å². The van der Waals surface area contributed by atoms with Crippen molar-refractivity contribution in [3.05, 3.63) is 12.7 Å². The van der Waals surface area contributed by atoms with Crippen molar-refractivity contribution in [1.29, 1.82) is 0 Å². The van der Waals surface area contributed by atoms with Crippen LogP contribution in [0, 0.1) is 5.92 Å². The minimum Gasteiger partial charge on any atom is -0.360 e. The third kappa shape index (κ3) is 6.07. The molecule has 0 fully saturated rings. The summed E-state index contributed by atoms with van der Waals surface area (Å²) in [6.07, 6.45) is 1.66. The van der Waals surface area contributed by atoms with Gasteiger partial charge in [-0.15, -0.1) is 16.8 Å². The molecule has 1 atom stereocenters. The summed E-state index contributed by atoms with van der Waals surface area (Å²) in [5.74, 6) is 0.542. The Morgan fingerprint density at radius 1 is 1.47 bits per heavy atom. The molecule has 0 aliphatic rings. The minimum atomic E-state index is -0.189. The number of nitrogens with one attached hydrogen (secondary N) is 2. The highest BCUT2D eigenvalue weighted by atomic mass is 32.2. The van der Waals surface area contributed by atoms with Crippen LogP contribution in [0.2, 0.25) is 0 Å². The molecule has 0 saturated carbocycles. The van der Waals surface area contributed by atoms with Gasteiger partial charge < -0.3 is 10.6 Å². The van der Waals surface area contributed by atoms with Gasteiger partial charge in [0.1, 0.15) is 0 Å². The van der Waals surface area contributed by atoms with Gasteiger partial charge in [-0.1, -0.05) is 43.0 Å². The third-order valence-electron chi connectivity index (χ3n) is 2.14. The van der Waals surface area contributed by atoms with Crippen LogP contribution in [0.25, 0.3) is 0 Å². The fourth-order valence-electron chi connectivity index (χ4n) is 1.14. The van der Waals surface area contributed by atoms with Crippen molar-refractivity contribution in [3.63, 3.8) is 0 Å². The van der Waals surface area contributed by atoms with Gasteiger partial charge in [0, 0.05) is 13.1 Å². The number of hydrogen-bond donors (Lipinski definition) is 2. The quantitative estimate of drug-likeness (QED) is 0.570. The number of hydrogen-bond acceptors (Lipinski definition) is 6. The zero-order valence-corrected chi connectivity index (χ0v) is 13.1. The van der Waals surface area contributed by atoms with Crippen molar-refractivity contribution in [1.82, 2.24) is 15.5 Å². The van der Waals surface area contributed by atoms with E-state index in [-0.39, 0.29) is 11.2 Å². The molecule has 5 nitrogen and oxygen atoms in total. The Morgan fingerprint density at radius 2 is 2.21 bits per heavy atom. The molecule has 106 valence electrons. The average molecular weight is 300 g/mol. The normalized spacial score (nSPS) is 12.2. The van der Waals surface area contributed by atoms with E-state index < -0.39 is 0 Å². The van der Waals surface area contributed by atoms with Crippen molar-refractivity contribution in [2.24, 2.45) is 5.92 Å². The highest BCUT2D eigenvalue weighted by Gasteiger charge is 2.16. The van der Waals surface area contributed by atoms with E-state index in [0.29, 0.717) is 12.5 Å². The van der Waals surface area contributed by atoms with Gasteiger partial charge in [0.15, 0.2) is 4.34 Å². The summed E-state index contributed by atoms with van der Waals surface area (Å²) in [6, 6.07) is 0. The molecule has 1 aromatic heterocycles. The van der Waals surface area contributed by atoms with Crippen LogP contribution >= 0.6 is 23.1 Å². The molecule has 0 saturated heterocycles. The van der Waals surface area contributed by atoms with Gasteiger partial charge in [-0.3, -0.25) is 4.79 Å². The molecule has 0 aliphatic heterocycles. The van der Waals surface area contributed by atoms with E-state index in [1.54, 1.807) is 6.08 Å². The van der Waals surface area contributed by atoms with Gasteiger partial charge in [-0.25, -0.2) is 0 Å². The SMILES string of the molecule is C=CCNC(=O)C(C)Sc1nnc(NCC(C)C)s1. The second-order valence-electron chi connectivity index (χ2n) is 4.44. The first-order valence-corrected chi connectivity index (χ1v) is 7.85. The Hall–Kier alpha value is -1.08. The van der Waals surface area contributed by atoms with Crippen LogP contribution in [0.1, 0.15) is 20.8 Å². The standard InChI is InChI=1S/C12H20N4OS2/c1-5-6-13-10(17)9(4)18-12-16-15-11(19-12)14-7-8(2)3/h5,8-9H,1,6-7H2,2-4H3,(H,13,17)(H,14,15). The number of anilines is 1. The zero-order valence-electron chi connectivity index (χ0n) is 11.5. The lowest BCUT2D eigenvalue weighted by Crippen LogP contribution is -2.30. The van der Waals surface area contributed by atoms with E-state index in [1.165, 1.54) is 23.1 Å². The van der Waals surface area contributed by atoms with Crippen LogP contribution in [-0.2, 0) is 4.79 Å². The van der Waals surface area contributed by atoms with Crippen LogP contribution in [-0.4, -0.2) is 34.4 Å². The number of carbonyl (C=O) groups excluding carboxylic acids is 1. The second-order valence-corrected chi connectivity index (χ2v) is 7.01. The molecule has 0 spiro atoms. The molecule has 1 rings (SSSR count). The highest BCUT2D eigenvalue weighted by Crippen LogP contribution is 2.28. The first kappa shape index (κ1) is 16.0. The van der Waals surface area contributed by atoms with E-state index in [0.717, 1.165) is 16.0 Å². The van der Waals surface area contributed by atoms with Gasteiger partial charge in [0.25, 0.3) is 0 Å². The first-order valence-electron chi connectivity index (χ1n) is 6.15.